The lowest BCUT2D eigenvalue weighted by molar-refractivity contribution is -0.122. The van der Waals surface area contributed by atoms with Crippen LogP contribution in [0.3, 0.4) is 0 Å². The highest BCUT2D eigenvalue weighted by atomic mass is 16.2. The van der Waals surface area contributed by atoms with Gasteiger partial charge in [-0.2, -0.15) is 5.10 Å². The van der Waals surface area contributed by atoms with Crippen molar-refractivity contribution in [3.05, 3.63) is 36.9 Å². The van der Waals surface area contributed by atoms with Crippen molar-refractivity contribution in [2.24, 2.45) is 0 Å². The third-order valence-electron chi connectivity index (χ3n) is 3.56. The summed E-state index contributed by atoms with van der Waals surface area (Å²) in [6, 6.07) is 3.84. The van der Waals surface area contributed by atoms with Gasteiger partial charge < -0.3 is 10.2 Å². The number of hydrogen-bond acceptors (Lipinski definition) is 5. The molecule has 1 fully saturated rings. The van der Waals surface area contributed by atoms with Gasteiger partial charge in [-0.3, -0.25) is 9.48 Å². The molecule has 0 bridgehead atoms. The molecule has 3 heterocycles. The first-order valence-electron chi connectivity index (χ1n) is 7.10. The molecular weight excluding hydrogens is 268 g/mol. The number of carbonyl (C=O) groups excluding carboxylic acids is 1. The monoisotopic (exact) mass is 286 g/mol. The normalized spacial score (nSPS) is 15.9. The van der Waals surface area contributed by atoms with Gasteiger partial charge in [0, 0.05) is 43.9 Å². The Labute approximate surface area is 123 Å². The predicted octanol–water partition coefficient (Wildman–Crippen LogP) is 0.458. The van der Waals surface area contributed by atoms with Crippen molar-refractivity contribution in [3.63, 3.8) is 0 Å². The van der Waals surface area contributed by atoms with E-state index in [4.69, 9.17) is 0 Å². The fourth-order valence-electron chi connectivity index (χ4n) is 2.49. The lowest BCUT2D eigenvalue weighted by Crippen LogP contribution is -2.46. The molecule has 3 rings (SSSR count). The van der Waals surface area contributed by atoms with E-state index in [1.165, 1.54) is 0 Å². The second-order valence-corrected chi connectivity index (χ2v) is 5.08. The molecule has 0 radical (unpaired) electrons. The van der Waals surface area contributed by atoms with Crippen molar-refractivity contribution in [2.75, 3.05) is 18.0 Å². The Morgan fingerprint density at radius 1 is 1.19 bits per heavy atom. The Balaban J connectivity index is 1.46. The van der Waals surface area contributed by atoms with E-state index in [9.17, 15) is 4.79 Å². The van der Waals surface area contributed by atoms with Gasteiger partial charge in [0.2, 0.25) is 11.9 Å². The molecule has 1 aliphatic heterocycles. The van der Waals surface area contributed by atoms with Gasteiger partial charge in [0.1, 0.15) is 6.54 Å². The molecule has 0 saturated carbocycles. The average Bonchev–Trinajstić information content (AvgIpc) is 3.02. The topological polar surface area (TPSA) is 75.9 Å². The largest absolute Gasteiger partial charge is 0.352 e. The first kappa shape index (κ1) is 13.5. The van der Waals surface area contributed by atoms with E-state index in [1.807, 2.05) is 12.1 Å². The summed E-state index contributed by atoms with van der Waals surface area (Å²) in [5, 5.41) is 7.09. The molecule has 0 aromatic carbocycles. The molecular formula is C14H18N6O. The molecule has 1 saturated heterocycles. The molecule has 1 amide bonds. The van der Waals surface area contributed by atoms with E-state index in [2.05, 4.69) is 25.3 Å². The van der Waals surface area contributed by atoms with Crippen LogP contribution in [-0.2, 0) is 11.3 Å². The average molecular weight is 286 g/mol. The van der Waals surface area contributed by atoms with Crippen LogP contribution < -0.4 is 10.2 Å². The lowest BCUT2D eigenvalue weighted by atomic mass is 10.1. The molecule has 7 nitrogen and oxygen atoms in total. The van der Waals surface area contributed by atoms with Crippen molar-refractivity contribution in [2.45, 2.75) is 25.4 Å². The van der Waals surface area contributed by atoms with Crippen LogP contribution in [0.4, 0.5) is 5.95 Å². The van der Waals surface area contributed by atoms with Crippen molar-refractivity contribution in [1.29, 1.82) is 0 Å². The molecule has 0 aliphatic carbocycles. The summed E-state index contributed by atoms with van der Waals surface area (Å²) < 4.78 is 1.63. The molecule has 2 aromatic heterocycles. The van der Waals surface area contributed by atoms with Crippen molar-refractivity contribution >= 4 is 11.9 Å². The predicted molar refractivity (Wildman–Crippen MR) is 77.6 cm³/mol. The molecule has 1 N–H and O–H groups in total. The van der Waals surface area contributed by atoms with Gasteiger partial charge >= 0.3 is 0 Å². The van der Waals surface area contributed by atoms with E-state index in [1.54, 1.807) is 29.5 Å². The number of anilines is 1. The Hall–Kier alpha value is -2.44. The molecule has 0 atom stereocenters. The summed E-state index contributed by atoms with van der Waals surface area (Å²) in [6.07, 6.45) is 8.77. The summed E-state index contributed by atoms with van der Waals surface area (Å²) in [5.74, 6) is 0.770. The minimum Gasteiger partial charge on any atom is -0.352 e. The standard InChI is InChI=1S/C14H18N6O/c21-13(11-20-8-2-7-17-20)18-12-3-9-19(10-4-12)14-15-5-1-6-16-14/h1-2,5-8,12H,3-4,9-11H2,(H,18,21). The highest BCUT2D eigenvalue weighted by Gasteiger charge is 2.22. The summed E-state index contributed by atoms with van der Waals surface area (Å²) in [6.45, 7) is 1.99. The fraction of sp³-hybridized carbons (Fsp3) is 0.429. The minimum atomic E-state index is 0.00751. The van der Waals surface area contributed by atoms with Crippen LogP contribution in [0.25, 0.3) is 0 Å². The summed E-state index contributed by atoms with van der Waals surface area (Å²) in [4.78, 5) is 22.6. The quantitative estimate of drug-likeness (QED) is 0.883. The third kappa shape index (κ3) is 3.56. The van der Waals surface area contributed by atoms with Gasteiger partial charge in [-0.15, -0.1) is 0 Å². The van der Waals surface area contributed by atoms with Crippen molar-refractivity contribution in [1.82, 2.24) is 25.1 Å². The van der Waals surface area contributed by atoms with Gasteiger partial charge in [-0.05, 0) is 25.0 Å². The van der Waals surface area contributed by atoms with Crippen molar-refractivity contribution in [3.8, 4) is 0 Å². The second kappa shape index (κ2) is 6.34. The summed E-state index contributed by atoms with van der Waals surface area (Å²) >= 11 is 0. The molecule has 21 heavy (non-hydrogen) atoms. The number of nitrogens with zero attached hydrogens (tertiary/aromatic N) is 5. The maximum atomic E-state index is 11.9. The Morgan fingerprint density at radius 3 is 2.62 bits per heavy atom. The smallest absolute Gasteiger partial charge is 0.241 e. The van der Waals surface area contributed by atoms with Crippen LogP contribution in [0.5, 0.6) is 0 Å². The number of rotatable bonds is 4. The molecule has 7 heteroatoms. The van der Waals surface area contributed by atoms with Gasteiger partial charge in [-0.25, -0.2) is 9.97 Å². The lowest BCUT2D eigenvalue weighted by Gasteiger charge is -2.32. The number of carbonyl (C=O) groups is 1. The maximum absolute atomic E-state index is 11.9. The second-order valence-electron chi connectivity index (χ2n) is 5.08. The first-order valence-corrected chi connectivity index (χ1v) is 7.10. The fourth-order valence-corrected chi connectivity index (χ4v) is 2.49. The number of nitrogens with one attached hydrogen (secondary N) is 1. The minimum absolute atomic E-state index is 0.00751. The zero-order chi connectivity index (χ0) is 14.5. The Morgan fingerprint density at radius 2 is 1.95 bits per heavy atom. The van der Waals surface area contributed by atoms with Crippen molar-refractivity contribution < 1.29 is 4.79 Å². The Bertz CT molecular complexity index is 562. The van der Waals surface area contributed by atoms with Gasteiger partial charge in [-0.1, -0.05) is 0 Å². The van der Waals surface area contributed by atoms with Crippen LogP contribution in [0.1, 0.15) is 12.8 Å². The number of hydrogen-bond donors (Lipinski definition) is 1. The van der Waals surface area contributed by atoms with Crippen LogP contribution in [0.15, 0.2) is 36.9 Å². The van der Waals surface area contributed by atoms with Gasteiger partial charge in [0.25, 0.3) is 0 Å². The SMILES string of the molecule is O=C(Cn1cccn1)NC1CCN(c2ncccn2)CC1. The molecule has 1 aliphatic rings. The first-order chi connectivity index (χ1) is 10.3. The summed E-state index contributed by atoms with van der Waals surface area (Å²) in [5.41, 5.74) is 0. The number of piperidine rings is 1. The Kier molecular flexibility index (Phi) is 4.09. The molecule has 0 spiro atoms. The zero-order valence-electron chi connectivity index (χ0n) is 11.7. The zero-order valence-corrected chi connectivity index (χ0v) is 11.7. The van der Waals surface area contributed by atoms with Crippen LogP contribution in [0.2, 0.25) is 0 Å². The van der Waals surface area contributed by atoms with Crippen LogP contribution >= 0.6 is 0 Å². The number of aromatic nitrogens is 4. The van der Waals surface area contributed by atoms with E-state index >= 15 is 0 Å². The highest BCUT2D eigenvalue weighted by molar-refractivity contribution is 5.75. The third-order valence-corrected chi connectivity index (χ3v) is 3.56. The summed E-state index contributed by atoms with van der Waals surface area (Å²) in [7, 11) is 0. The van der Waals surface area contributed by atoms with E-state index in [-0.39, 0.29) is 18.5 Å². The maximum Gasteiger partial charge on any atom is 0.241 e. The van der Waals surface area contributed by atoms with Crippen LogP contribution in [-0.4, -0.2) is 44.8 Å². The van der Waals surface area contributed by atoms with Crippen LogP contribution in [0, 0.1) is 0 Å². The molecule has 110 valence electrons. The van der Waals surface area contributed by atoms with Gasteiger partial charge in [0.15, 0.2) is 0 Å². The van der Waals surface area contributed by atoms with E-state index < -0.39 is 0 Å². The number of amides is 1. The molecule has 0 unspecified atom stereocenters. The van der Waals surface area contributed by atoms with E-state index in [0.717, 1.165) is 31.9 Å². The molecule has 2 aromatic rings. The van der Waals surface area contributed by atoms with Gasteiger partial charge in [0.05, 0.1) is 0 Å². The highest BCUT2D eigenvalue weighted by Crippen LogP contribution is 2.15. The van der Waals surface area contributed by atoms with E-state index in [0.29, 0.717) is 0 Å².